The van der Waals surface area contributed by atoms with Crippen molar-refractivity contribution in [1.82, 2.24) is 0 Å². The molecular weight excluding hydrogens is 397 g/mol. The van der Waals surface area contributed by atoms with Crippen LogP contribution in [0.15, 0.2) is 66.7 Å². The summed E-state index contributed by atoms with van der Waals surface area (Å²) in [6, 6.07) is 21.1. The molecule has 0 saturated heterocycles. The third kappa shape index (κ3) is 4.41. The number of alkyl halides is 2. The fourth-order valence-corrected chi connectivity index (χ4v) is 3.08. The second-order valence-corrected chi connectivity index (χ2v) is 7.09. The monoisotopic (exact) mass is 415 g/mol. The Morgan fingerprint density at radius 1 is 0.821 bits per heavy atom. The molecule has 0 spiro atoms. The van der Waals surface area contributed by atoms with E-state index < -0.39 is 10.7 Å². The molecule has 0 unspecified atom stereocenters. The van der Waals surface area contributed by atoms with Crippen molar-refractivity contribution in [3.63, 3.8) is 0 Å². The van der Waals surface area contributed by atoms with Gasteiger partial charge in [-0.15, -0.1) is 0 Å². The molecule has 0 heterocycles. The summed E-state index contributed by atoms with van der Waals surface area (Å²) in [7, 11) is 3.24. The van der Waals surface area contributed by atoms with Crippen LogP contribution in [0, 0.1) is 0 Å². The fourth-order valence-electron chi connectivity index (χ4n) is 2.97. The molecule has 0 aromatic heterocycles. The van der Waals surface area contributed by atoms with E-state index in [1.54, 1.807) is 14.2 Å². The van der Waals surface area contributed by atoms with Crippen LogP contribution in [-0.4, -0.2) is 25.0 Å². The summed E-state index contributed by atoms with van der Waals surface area (Å²) in [5, 5.41) is 2.75. The molecule has 0 fully saturated rings. The van der Waals surface area contributed by atoms with Gasteiger partial charge in [-0.05, 0) is 41.5 Å². The Kier molecular flexibility index (Phi) is 6.45. The number of hydrogen-bond donors (Lipinski definition) is 1. The van der Waals surface area contributed by atoms with Gasteiger partial charge in [0, 0.05) is 16.8 Å². The first-order valence-electron chi connectivity index (χ1n) is 8.54. The van der Waals surface area contributed by atoms with Crippen LogP contribution in [0.2, 0.25) is 0 Å². The summed E-state index contributed by atoms with van der Waals surface area (Å²) in [5.74, 6) is 0.959. The zero-order valence-corrected chi connectivity index (χ0v) is 16.9. The first-order valence-corrected chi connectivity index (χ1v) is 9.41. The summed E-state index contributed by atoms with van der Waals surface area (Å²) < 4.78 is 11.0. The number of nitrogens with one attached hydrogen (secondary N) is 1. The van der Waals surface area contributed by atoms with E-state index in [1.807, 2.05) is 66.7 Å². The number of hydrogen-bond acceptors (Lipinski definition) is 3. The molecular formula is C22H19Cl2NO3. The Balaban J connectivity index is 2.18. The van der Waals surface area contributed by atoms with Crippen LogP contribution in [0.5, 0.6) is 11.5 Å². The van der Waals surface area contributed by atoms with Gasteiger partial charge in [-0.1, -0.05) is 59.6 Å². The molecule has 3 rings (SSSR count). The van der Waals surface area contributed by atoms with Gasteiger partial charge in [0.15, 0.2) is 4.84 Å². The van der Waals surface area contributed by atoms with Gasteiger partial charge in [0.05, 0.1) is 14.2 Å². The van der Waals surface area contributed by atoms with Crippen molar-refractivity contribution in [3.8, 4) is 33.8 Å². The minimum atomic E-state index is -1.16. The Morgan fingerprint density at radius 2 is 1.29 bits per heavy atom. The molecule has 28 heavy (non-hydrogen) atoms. The van der Waals surface area contributed by atoms with Gasteiger partial charge in [0.2, 0.25) is 0 Å². The highest BCUT2D eigenvalue weighted by molar-refractivity contribution is 6.54. The largest absolute Gasteiger partial charge is 0.496 e. The van der Waals surface area contributed by atoms with Gasteiger partial charge in [-0.25, -0.2) is 0 Å². The number of anilines is 1. The molecule has 0 aliphatic rings. The normalized spacial score (nSPS) is 10.6. The lowest BCUT2D eigenvalue weighted by molar-refractivity contribution is -0.114. The lowest BCUT2D eigenvalue weighted by Gasteiger charge is -2.15. The van der Waals surface area contributed by atoms with Gasteiger partial charge in [-0.3, -0.25) is 4.79 Å². The van der Waals surface area contributed by atoms with E-state index in [0.29, 0.717) is 5.69 Å². The van der Waals surface area contributed by atoms with Crippen molar-refractivity contribution in [2.75, 3.05) is 19.5 Å². The number of amides is 1. The third-order valence-corrected chi connectivity index (χ3v) is 4.63. The van der Waals surface area contributed by atoms with Crippen molar-refractivity contribution < 1.29 is 14.3 Å². The molecule has 0 aliphatic heterocycles. The Bertz CT molecular complexity index is 923. The number of carbonyl (C=O) groups is 1. The minimum absolute atomic E-state index is 0.494. The van der Waals surface area contributed by atoms with Crippen molar-refractivity contribution in [3.05, 3.63) is 66.7 Å². The number of carbonyl (C=O) groups excluding carboxylic acids is 1. The zero-order valence-electron chi connectivity index (χ0n) is 15.4. The molecule has 3 aromatic rings. The average Bonchev–Trinajstić information content (AvgIpc) is 2.73. The number of para-hydroxylation sites is 2. The molecule has 3 aromatic carbocycles. The van der Waals surface area contributed by atoms with Gasteiger partial charge >= 0.3 is 0 Å². The van der Waals surface area contributed by atoms with Gasteiger partial charge in [-0.2, -0.15) is 0 Å². The maximum absolute atomic E-state index is 12.0. The van der Waals surface area contributed by atoms with Crippen LogP contribution in [0.25, 0.3) is 22.3 Å². The quantitative estimate of drug-likeness (QED) is 0.519. The number of benzene rings is 3. The van der Waals surface area contributed by atoms with E-state index in [-0.39, 0.29) is 0 Å². The van der Waals surface area contributed by atoms with Crippen LogP contribution in [0.3, 0.4) is 0 Å². The second-order valence-electron chi connectivity index (χ2n) is 5.99. The maximum atomic E-state index is 12.0. The highest BCUT2D eigenvalue weighted by Crippen LogP contribution is 2.37. The van der Waals surface area contributed by atoms with Crippen molar-refractivity contribution in [2.24, 2.45) is 0 Å². The highest BCUT2D eigenvalue weighted by atomic mass is 35.5. The predicted molar refractivity (Wildman–Crippen MR) is 115 cm³/mol. The molecule has 144 valence electrons. The molecule has 0 atom stereocenters. The van der Waals surface area contributed by atoms with Crippen LogP contribution in [-0.2, 0) is 4.79 Å². The van der Waals surface area contributed by atoms with Crippen LogP contribution in [0.4, 0.5) is 5.69 Å². The van der Waals surface area contributed by atoms with Gasteiger partial charge in [0.25, 0.3) is 5.91 Å². The first kappa shape index (κ1) is 20.1. The molecule has 0 aliphatic carbocycles. The second kappa shape index (κ2) is 9.00. The van der Waals surface area contributed by atoms with E-state index in [9.17, 15) is 4.79 Å². The summed E-state index contributed by atoms with van der Waals surface area (Å²) in [5.41, 5.74) is 4.10. The standard InChI is InChI=1S/C22H19Cl2NO3/c1-27-19-9-5-3-7-17(19)14-11-15(18-8-4-6-10-20(18)28-2)13-16(12-14)25-22(26)21(23)24/h3-13,21H,1-2H3,(H,25,26). The van der Waals surface area contributed by atoms with Gasteiger partial charge in [0.1, 0.15) is 11.5 Å². The molecule has 1 amide bonds. The number of rotatable bonds is 6. The first-order chi connectivity index (χ1) is 13.5. The molecule has 0 radical (unpaired) electrons. The van der Waals surface area contributed by atoms with Crippen LogP contribution in [0.1, 0.15) is 0 Å². The lowest BCUT2D eigenvalue weighted by Crippen LogP contribution is -2.18. The molecule has 1 N–H and O–H groups in total. The Labute approximate surface area is 174 Å². The molecule has 0 saturated carbocycles. The van der Waals surface area contributed by atoms with Crippen molar-refractivity contribution in [1.29, 1.82) is 0 Å². The maximum Gasteiger partial charge on any atom is 0.257 e. The zero-order chi connectivity index (χ0) is 20.1. The highest BCUT2D eigenvalue weighted by Gasteiger charge is 2.15. The average molecular weight is 416 g/mol. The Hall–Kier alpha value is -2.69. The van der Waals surface area contributed by atoms with E-state index in [0.717, 1.165) is 33.8 Å². The third-order valence-electron chi connectivity index (χ3n) is 4.23. The van der Waals surface area contributed by atoms with E-state index in [2.05, 4.69) is 5.32 Å². The lowest BCUT2D eigenvalue weighted by atomic mass is 9.97. The van der Waals surface area contributed by atoms with Crippen LogP contribution < -0.4 is 14.8 Å². The van der Waals surface area contributed by atoms with E-state index >= 15 is 0 Å². The van der Waals surface area contributed by atoms with E-state index in [4.69, 9.17) is 32.7 Å². The van der Waals surface area contributed by atoms with Crippen molar-refractivity contribution >= 4 is 34.8 Å². The summed E-state index contributed by atoms with van der Waals surface area (Å²) in [6.45, 7) is 0. The number of methoxy groups -OCH3 is 2. The predicted octanol–water partition coefficient (Wildman–Crippen LogP) is 5.78. The SMILES string of the molecule is COc1ccccc1-c1cc(NC(=O)C(Cl)Cl)cc(-c2ccccc2OC)c1. The molecule has 6 heteroatoms. The van der Waals surface area contributed by atoms with Gasteiger partial charge < -0.3 is 14.8 Å². The number of ether oxygens (including phenoxy) is 2. The fraction of sp³-hybridized carbons (Fsp3) is 0.136. The molecule has 0 bridgehead atoms. The minimum Gasteiger partial charge on any atom is -0.496 e. The van der Waals surface area contributed by atoms with Crippen molar-refractivity contribution in [2.45, 2.75) is 4.84 Å². The number of halogens is 2. The van der Waals surface area contributed by atoms with E-state index in [1.165, 1.54) is 0 Å². The topological polar surface area (TPSA) is 47.6 Å². The molecule has 4 nitrogen and oxygen atoms in total. The summed E-state index contributed by atoms with van der Waals surface area (Å²) in [6.07, 6.45) is 0. The van der Waals surface area contributed by atoms with Crippen LogP contribution >= 0.6 is 23.2 Å². The summed E-state index contributed by atoms with van der Waals surface area (Å²) >= 11 is 11.4. The smallest absolute Gasteiger partial charge is 0.257 e. The Morgan fingerprint density at radius 3 is 1.71 bits per heavy atom. The summed E-state index contributed by atoms with van der Waals surface area (Å²) in [4.78, 5) is 10.9.